The van der Waals surface area contributed by atoms with Crippen LogP contribution in [0.1, 0.15) is 27.8 Å². The Morgan fingerprint density at radius 3 is 2.23 bits per heavy atom. The first-order valence-corrected chi connectivity index (χ1v) is 15.4. The molecule has 4 aromatic carbocycles. The Kier molecular flexibility index (Phi) is 9.13. The molecule has 0 bridgehead atoms. The molecule has 0 unspecified atom stereocenters. The van der Waals surface area contributed by atoms with Gasteiger partial charge >= 0.3 is 0 Å². The summed E-state index contributed by atoms with van der Waals surface area (Å²) < 4.78 is 6.63. The van der Waals surface area contributed by atoms with Crippen LogP contribution in [-0.4, -0.2) is 15.0 Å². The normalized spacial score (nSPS) is 10.9. The van der Waals surface area contributed by atoms with Gasteiger partial charge in [-0.1, -0.05) is 48.2 Å². The van der Waals surface area contributed by atoms with Crippen LogP contribution in [0.3, 0.4) is 0 Å². The molecule has 0 saturated heterocycles. The number of rotatable bonds is 3. The molecule has 0 atom stereocenters. The molecule has 233 valence electrons. The van der Waals surface area contributed by atoms with E-state index < -0.39 is 0 Å². The van der Waals surface area contributed by atoms with Crippen LogP contribution in [0.4, 0.5) is 0 Å². The van der Waals surface area contributed by atoms with Gasteiger partial charge in [0.15, 0.2) is 0 Å². The smallest absolute Gasteiger partial charge is 0.128 e. The Balaban J connectivity index is 0.000000217. The molecule has 0 fully saturated rings. The molecule has 0 N–H and O–H groups in total. The molecular weight excluding hydrogens is 755 g/mol. The summed E-state index contributed by atoms with van der Waals surface area (Å²) in [4.78, 5) is 13.3. The second kappa shape index (κ2) is 13.4. The van der Waals surface area contributed by atoms with Crippen molar-refractivity contribution in [2.45, 2.75) is 34.6 Å². The maximum absolute atomic E-state index is 6.63. The molecule has 0 spiro atoms. The van der Waals surface area contributed by atoms with Gasteiger partial charge in [-0.3, -0.25) is 4.98 Å². The Bertz CT molecular complexity index is 2300. The topological polar surface area (TPSA) is 51.8 Å². The van der Waals surface area contributed by atoms with Crippen LogP contribution < -0.4 is 0 Å². The van der Waals surface area contributed by atoms with E-state index in [1.165, 1.54) is 38.8 Å². The summed E-state index contributed by atoms with van der Waals surface area (Å²) in [5, 5.41) is 4.52. The summed E-state index contributed by atoms with van der Waals surface area (Å²) >= 11 is 0. The SMILES string of the molecule is Cc1c[c-]c(-c2ccc(C)cn2)cc1.Cc1cc(-c2c(C)c(C)cc3ccncc23)c2oc3c(-c4ccccn4)[c-]ccc3c2c1.[Ir]. The van der Waals surface area contributed by atoms with Crippen molar-refractivity contribution in [1.82, 2.24) is 15.0 Å². The number of hydrogen-bond donors (Lipinski definition) is 0. The van der Waals surface area contributed by atoms with Gasteiger partial charge in [-0.25, -0.2) is 0 Å². The van der Waals surface area contributed by atoms with Gasteiger partial charge in [0, 0.05) is 61.2 Å². The van der Waals surface area contributed by atoms with E-state index in [9.17, 15) is 0 Å². The zero-order valence-corrected chi connectivity index (χ0v) is 29.4. The summed E-state index contributed by atoms with van der Waals surface area (Å²) in [5.41, 5.74) is 13.9. The largest absolute Gasteiger partial charge is 0.500 e. The molecule has 4 heterocycles. The third-order valence-electron chi connectivity index (χ3n) is 8.49. The average Bonchev–Trinajstić information content (AvgIpc) is 3.45. The van der Waals surface area contributed by atoms with E-state index in [0.717, 1.165) is 55.4 Å². The Hall–Kier alpha value is -4.96. The molecule has 1 radical (unpaired) electrons. The van der Waals surface area contributed by atoms with Gasteiger partial charge in [-0.15, -0.1) is 53.6 Å². The fourth-order valence-corrected chi connectivity index (χ4v) is 5.99. The van der Waals surface area contributed by atoms with E-state index in [-0.39, 0.29) is 20.1 Å². The maximum atomic E-state index is 6.63. The molecule has 8 aromatic rings. The number of pyridine rings is 3. The van der Waals surface area contributed by atoms with E-state index in [2.05, 4.69) is 97.2 Å². The van der Waals surface area contributed by atoms with Crippen molar-refractivity contribution >= 4 is 32.7 Å². The van der Waals surface area contributed by atoms with Crippen LogP contribution in [0, 0.1) is 46.8 Å². The van der Waals surface area contributed by atoms with E-state index in [0.29, 0.717) is 0 Å². The zero-order valence-electron chi connectivity index (χ0n) is 27.0. The zero-order chi connectivity index (χ0) is 31.8. The van der Waals surface area contributed by atoms with E-state index in [4.69, 9.17) is 4.42 Å². The van der Waals surface area contributed by atoms with E-state index >= 15 is 0 Å². The molecule has 4 nitrogen and oxygen atoms in total. The van der Waals surface area contributed by atoms with Crippen molar-refractivity contribution in [2.24, 2.45) is 0 Å². The predicted molar refractivity (Wildman–Crippen MR) is 189 cm³/mol. The van der Waals surface area contributed by atoms with Crippen LogP contribution in [-0.2, 0) is 20.1 Å². The van der Waals surface area contributed by atoms with Crippen LogP contribution >= 0.6 is 0 Å². The second-order valence-corrected chi connectivity index (χ2v) is 11.9. The molecule has 8 rings (SSSR count). The molecular formula is C42H33IrN3O-2. The molecule has 4 aromatic heterocycles. The third kappa shape index (κ3) is 6.25. The minimum Gasteiger partial charge on any atom is -0.500 e. The van der Waals surface area contributed by atoms with Gasteiger partial charge in [-0.05, 0) is 96.6 Å². The number of aromatic nitrogens is 3. The van der Waals surface area contributed by atoms with Crippen LogP contribution in [0.15, 0.2) is 114 Å². The monoisotopic (exact) mass is 788 g/mol. The number of furan rings is 1. The number of benzene rings is 4. The molecule has 0 saturated carbocycles. The van der Waals surface area contributed by atoms with Crippen LogP contribution in [0.2, 0.25) is 0 Å². The van der Waals surface area contributed by atoms with Crippen molar-refractivity contribution < 1.29 is 24.5 Å². The third-order valence-corrected chi connectivity index (χ3v) is 8.49. The van der Waals surface area contributed by atoms with Gasteiger partial charge in [0.1, 0.15) is 5.58 Å². The molecule has 0 aliphatic carbocycles. The summed E-state index contributed by atoms with van der Waals surface area (Å²) in [6, 6.07) is 35.4. The first-order valence-electron chi connectivity index (χ1n) is 15.4. The molecule has 0 amide bonds. The van der Waals surface area contributed by atoms with Gasteiger partial charge in [-0.2, -0.15) is 0 Å². The van der Waals surface area contributed by atoms with Crippen molar-refractivity contribution in [3.63, 3.8) is 0 Å². The minimum absolute atomic E-state index is 0. The molecule has 0 aliphatic rings. The number of aryl methyl sites for hydroxylation is 4. The van der Waals surface area contributed by atoms with Crippen molar-refractivity contribution in [3.8, 4) is 33.6 Å². The van der Waals surface area contributed by atoms with E-state index in [1.54, 1.807) is 6.20 Å². The average molecular weight is 788 g/mol. The molecule has 5 heteroatoms. The maximum Gasteiger partial charge on any atom is 0.128 e. The first-order chi connectivity index (χ1) is 22.4. The Morgan fingerprint density at radius 1 is 0.638 bits per heavy atom. The Labute approximate surface area is 288 Å². The molecule has 0 aliphatic heterocycles. The van der Waals surface area contributed by atoms with Crippen LogP contribution in [0.5, 0.6) is 0 Å². The van der Waals surface area contributed by atoms with Crippen molar-refractivity contribution in [2.75, 3.05) is 0 Å². The quantitative estimate of drug-likeness (QED) is 0.167. The second-order valence-electron chi connectivity index (χ2n) is 11.9. The first kappa shape index (κ1) is 32.0. The van der Waals surface area contributed by atoms with Gasteiger partial charge in [0.2, 0.25) is 0 Å². The van der Waals surface area contributed by atoms with Gasteiger partial charge in [0.05, 0.1) is 5.58 Å². The van der Waals surface area contributed by atoms with Gasteiger partial charge in [0.25, 0.3) is 0 Å². The predicted octanol–water partition coefficient (Wildman–Crippen LogP) is 10.8. The standard InChI is InChI=1S/C29H21N2O.C13H12N.Ir/c1-17-13-23-21-7-6-8-22(26-9-4-5-11-31-26)28(21)32-29(23)24(14-17)27-19(3)18(2)15-20-10-12-30-16-25(20)27;1-10-3-6-12(7-4-10)13-8-5-11(2)9-14-13;/h4-7,9-16H,1-3H3;3-6,8-9H,1-2H3;/q2*-1;. The van der Waals surface area contributed by atoms with E-state index in [1.807, 2.05) is 68.0 Å². The number of nitrogens with zero attached hydrogens (tertiary/aromatic N) is 3. The van der Waals surface area contributed by atoms with Gasteiger partial charge < -0.3 is 14.4 Å². The summed E-state index contributed by atoms with van der Waals surface area (Å²) in [5.74, 6) is 0. The van der Waals surface area contributed by atoms with Crippen molar-refractivity contribution in [1.29, 1.82) is 0 Å². The number of fused-ring (bicyclic) bond motifs is 4. The summed E-state index contributed by atoms with van der Waals surface area (Å²) in [6.45, 7) is 10.6. The fourth-order valence-electron chi connectivity index (χ4n) is 5.99. The van der Waals surface area contributed by atoms with Crippen LogP contribution in [0.25, 0.3) is 66.4 Å². The minimum atomic E-state index is 0. The summed E-state index contributed by atoms with van der Waals surface area (Å²) in [7, 11) is 0. The van der Waals surface area contributed by atoms with Crippen molar-refractivity contribution in [3.05, 3.63) is 150 Å². The fraction of sp³-hybridized carbons (Fsp3) is 0.119. The summed E-state index contributed by atoms with van der Waals surface area (Å²) in [6.07, 6.45) is 7.49. The Morgan fingerprint density at radius 2 is 1.49 bits per heavy atom. The number of hydrogen-bond acceptors (Lipinski definition) is 4. The molecule has 47 heavy (non-hydrogen) atoms.